The fraction of sp³-hybridized carbons (Fsp3) is 0.250. The molecule has 2 aromatic carbocycles. The van der Waals surface area contributed by atoms with Crippen LogP contribution in [0.3, 0.4) is 0 Å². The fourth-order valence-corrected chi connectivity index (χ4v) is 4.38. The van der Waals surface area contributed by atoms with E-state index < -0.39 is 15.9 Å². The number of hydrogen-bond acceptors (Lipinski definition) is 4. The van der Waals surface area contributed by atoms with Gasteiger partial charge in [-0.1, -0.05) is 29.8 Å². The number of hydrogen-bond donors (Lipinski definition) is 1. The molecule has 3 rings (SSSR count). The summed E-state index contributed by atoms with van der Waals surface area (Å²) in [6.45, 7) is 7.54. The van der Waals surface area contributed by atoms with Gasteiger partial charge in [0.25, 0.3) is 5.91 Å². The summed E-state index contributed by atoms with van der Waals surface area (Å²) in [6.07, 6.45) is 2.65. The lowest BCUT2D eigenvalue weighted by Gasteiger charge is -2.21. The second kappa shape index (κ2) is 9.40. The van der Waals surface area contributed by atoms with Crippen LogP contribution in [0, 0.1) is 27.7 Å². The first-order valence-electron chi connectivity index (χ1n) is 10.2. The number of hydrazone groups is 1. The van der Waals surface area contributed by atoms with E-state index in [2.05, 4.69) is 39.4 Å². The van der Waals surface area contributed by atoms with Crippen LogP contribution < -0.4 is 9.73 Å². The summed E-state index contributed by atoms with van der Waals surface area (Å²) in [5, 5.41) is 4.05. The molecule has 0 atom stereocenters. The van der Waals surface area contributed by atoms with Crippen molar-refractivity contribution in [2.24, 2.45) is 5.10 Å². The van der Waals surface area contributed by atoms with Crippen LogP contribution >= 0.6 is 0 Å². The topological polar surface area (TPSA) is 83.8 Å². The average molecular weight is 453 g/mol. The molecule has 0 saturated carbocycles. The first-order chi connectivity index (χ1) is 15.1. The molecule has 8 heteroatoms. The number of sulfonamides is 1. The van der Waals surface area contributed by atoms with Crippen molar-refractivity contribution in [2.75, 3.05) is 17.1 Å². The standard InChI is InChI=1S/C24H28N4O3S/c1-17-9-11-22(12-10-17)28-19(3)14-21(20(28)4)15-25-26-24(29)16-27(32(5,30)31)23-8-6-7-18(2)13-23/h6-15H,16H2,1-5H3,(H,26,29). The molecule has 1 heterocycles. The van der Waals surface area contributed by atoms with E-state index >= 15 is 0 Å². The summed E-state index contributed by atoms with van der Waals surface area (Å²) >= 11 is 0. The SMILES string of the molecule is Cc1ccc(-n2c(C)cc(C=NNC(=O)CN(c3cccc(C)c3)S(C)(=O)=O)c2C)cc1. The molecular formula is C24H28N4O3S. The first-order valence-corrected chi connectivity index (χ1v) is 12.0. The number of aromatic nitrogens is 1. The zero-order valence-electron chi connectivity index (χ0n) is 19.0. The van der Waals surface area contributed by atoms with Gasteiger partial charge in [0.15, 0.2) is 0 Å². The molecule has 0 radical (unpaired) electrons. The summed E-state index contributed by atoms with van der Waals surface area (Å²) in [7, 11) is -3.63. The molecule has 0 bridgehead atoms. The number of nitrogens with one attached hydrogen (secondary N) is 1. The molecule has 0 saturated heterocycles. The predicted molar refractivity (Wildman–Crippen MR) is 129 cm³/mol. The number of carbonyl (C=O) groups excluding carboxylic acids is 1. The number of benzene rings is 2. The minimum atomic E-state index is -3.63. The third-order valence-electron chi connectivity index (χ3n) is 5.13. The third kappa shape index (κ3) is 5.45. The smallest absolute Gasteiger partial charge is 0.260 e. The zero-order chi connectivity index (χ0) is 23.5. The summed E-state index contributed by atoms with van der Waals surface area (Å²) in [6, 6.07) is 17.2. The predicted octanol–water partition coefficient (Wildman–Crippen LogP) is 3.63. The molecule has 0 unspecified atom stereocenters. The Morgan fingerprint density at radius 1 is 1.03 bits per heavy atom. The van der Waals surface area contributed by atoms with Crippen LogP contribution in [0.4, 0.5) is 5.69 Å². The van der Waals surface area contributed by atoms with Gasteiger partial charge in [-0.2, -0.15) is 5.10 Å². The van der Waals surface area contributed by atoms with Crippen LogP contribution in [-0.4, -0.2) is 37.9 Å². The zero-order valence-corrected chi connectivity index (χ0v) is 19.8. The fourth-order valence-electron chi connectivity index (χ4n) is 3.53. The van der Waals surface area contributed by atoms with E-state index in [0.29, 0.717) is 5.69 Å². The molecule has 0 aliphatic heterocycles. The van der Waals surface area contributed by atoms with Gasteiger partial charge < -0.3 is 4.57 Å². The minimum Gasteiger partial charge on any atom is -0.318 e. The third-order valence-corrected chi connectivity index (χ3v) is 6.27. The minimum absolute atomic E-state index is 0.359. The van der Waals surface area contributed by atoms with E-state index in [1.807, 2.05) is 39.8 Å². The highest BCUT2D eigenvalue weighted by Gasteiger charge is 2.20. The quantitative estimate of drug-likeness (QED) is 0.439. The van der Waals surface area contributed by atoms with Crippen LogP contribution in [0.5, 0.6) is 0 Å². The van der Waals surface area contributed by atoms with Gasteiger partial charge in [-0.25, -0.2) is 13.8 Å². The van der Waals surface area contributed by atoms with Gasteiger partial charge in [0.1, 0.15) is 6.54 Å². The van der Waals surface area contributed by atoms with Crippen LogP contribution in [0.1, 0.15) is 28.1 Å². The summed E-state index contributed by atoms with van der Waals surface area (Å²) < 4.78 is 27.6. The van der Waals surface area contributed by atoms with Crippen molar-refractivity contribution < 1.29 is 13.2 Å². The Kier molecular flexibility index (Phi) is 6.84. The molecule has 0 spiro atoms. The Labute approximate surface area is 189 Å². The molecule has 1 aromatic heterocycles. The maximum Gasteiger partial charge on any atom is 0.260 e. The van der Waals surface area contributed by atoms with Crippen LogP contribution in [-0.2, 0) is 14.8 Å². The van der Waals surface area contributed by atoms with E-state index in [0.717, 1.165) is 38.8 Å². The maximum absolute atomic E-state index is 12.4. The molecule has 0 aliphatic carbocycles. The average Bonchev–Trinajstić information content (AvgIpc) is 2.99. The van der Waals surface area contributed by atoms with Gasteiger partial charge in [-0.15, -0.1) is 0 Å². The Morgan fingerprint density at radius 3 is 2.34 bits per heavy atom. The van der Waals surface area contributed by atoms with E-state index in [9.17, 15) is 13.2 Å². The second-order valence-electron chi connectivity index (χ2n) is 7.90. The second-order valence-corrected chi connectivity index (χ2v) is 9.81. The molecule has 1 amide bonds. The largest absolute Gasteiger partial charge is 0.318 e. The van der Waals surface area contributed by atoms with Gasteiger partial charge in [0.2, 0.25) is 10.0 Å². The van der Waals surface area contributed by atoms with Crippen LogP contribution in [0.15, 0.2) is 59.7 Å². The number of carbonyl (C=O) groups is 1. The number of nitrogens with zero attached hydrogens (tertiary/aromatic N) is 3. The van der Waals surface area contributed by atoms with Crippen molar-refractivity contribution in [1.82, 2.24) is 9.99 Å². The normalized spacial score (nSPS) is 11.7. The monoisotopic (exact) mass is 452 g/mol. The maximum atomic E-state index is 12.4. The molecule has 0 fully saturated rings. The van der Waals surface area contributed by atoms with Gasteiger partial charge in [-0.05, 0) is 63.6 Å². The summed E-state index contributed by atoms with van der Waals surface area (Å²) in [5.74, 6) is -0.527. The first kappa shape index (κ1) is 23.3. The van der Waals surface area contributed by atoms with E-state index in [-0.39, 0.29) is 6.54 Å². The lowest BCUT2D eigenvalue weighted by Crippen LogP contribution is -2.39. The molecule has 3 aromatic rings. The number of rotatable bonds is 7. The molecule has 7 nitrogen and oxygen atoms in total. The lowest BCUT2D eigenvalue weighted by atomic mass is 10.2. The highest BCUT2D eigenvalue weighted by atomic mass is 32.2. The Hall–Kier alpha value is -3.39. The van der Waals surface area contributed by atoms with Gasteiger partial charge in [0.05, 0.1) is 18.2 Å². The van der Waals surface area contributed by atoms with E-state index in [4.69, 9.17) is 0 Å². The van der Waals surface area contributed by atoms with Crippen molar-refractivity contribution >= 4 is 27.8 Å². The number of anilines is 1. The lowest BCUT2D eigenvalue weighted by molar-refractivity contribution is -0.119. The highest BCUT2D eigenvalue weighted by molar-refractivity contribution is 7.92. The van der Waals surface area contributed by atoms with Crippen LogP contribution in [0.2, 0.25) is 0 Å². The van der Waals surface area contributed by atoms with E-state index in [1.165, 1.54) is 5.56 Å². The number of amides is 1. The number of aryl methyl sites for hydroxylation is 3. The highest BCUT2D eigenvalue weighted by Crippen LogP contribution is 2.20. The Bertz CT molecular complexity index is 1260. The summed E-state index contributed by atoms with van der Waals surface area (Å²) in [5.41, 5.74) is 8.91. The van der Waals surface area contributed by atoms with Crippen LogP contribution in [0.25, 0.3) is 5.69 Å². The van der Waals surface area contributed by atoms with Gasteiger partial charge in [-0.3, -0.25) is 9.10 Å². The summed E-state index contributed by atoms with van der Waals surface area (Å²) in [4.78, 5) is 12.4. The van der Waals surface area contributed by atoms with E-state index in [1.54, 1.807) is 24.4 Å². The van der Waals surface area contributed by atoms with Crippen molar-refractivity contribution in [3.63, 3.8) is 0 Å². The van der Waals surface area contributed by atoms with Crippen molar-refractivity contribution in [3.8, 4) is 5.69 Å². The van der Waals surface area contributed by atoms with Gasteiger partial charge >= 0.3 is 0 Å². The molecule has 32 heavy (non-hydrogen) atoms. The molecular weight excluding hydrogens is 424 g/mol. The molecule has 1 N–H and O–H groups in total. The Morgan fingerprint density at radius 2 is 1.72 bits per heavy atom. The molecule has 168 valence electrons. The molecule has 0 aliphatic rings. The van der Waals surface area contributed by atoms with Crippen molar-refractivity contribution in [2.45, 2.75) is 27.7 Å². The van der Waals surface area contributed by atoms with Gasteiger partial charge in [0, 0.05) is 22.6 Å². The van der Waals surface area contributed by atoms with Crippen molar-refractivity contribution in [3.05, 3.63) is 82.7 Å². The Balaban J connectivity index is 1.73. The van der Waals surface area contributed by atoms with Crippen molar-refractivity contribution in [1.29, 1.82) is 0 Å².